The van der Waals surface area contributed by atoms with E-state index < -0.39 is 0 Å². The number of hydrogen-bond acceptors (Lipinski definition) is 7. The Morgan fingerprint density at radius 1 is 1.12 bits per heavy atom. The van der Waals surface area contributed by atoms with E-state index in [0.29, 0.717) is 28.9 Å². The Labute approximate surface area is 191 Å². The van der Waals surface area contributed by atoms with Crippen LogP contribution in [0, 0.1) is 41.9 Å². The summed E-state index contributed by atoms with van der Waals surface area (Å²) in [6, 6.07) is 8.43. The molecule has 0 aliphatic heterocycles. The van der Waals surface area contributed by atoms with Gasteiger partial charge in [-0.1, -0.05) is 0 Å². The average molecular weight is 438 g/mol. The third kappa shape index (κ3) is 3.22. The molecule has 4 fully saturated rings. The highest BCUT2D eigenvalue weighted by Gasteiger charge is 2.69. The summed E-state index contributed by atoms with van der Waals surface area (Å²) in [5.41, 5.74) is 3.89. The first kappa shape index (κ1) is 19.8. The number of allylic oxidation sites excluding steroid dienone is 1. The van der Waals surface area contributed by atoms with E-state index in [2.05, 4.69) is 21.4 Å². The van der Waals surface area contributed by atoms with Crippen LogP contribution in [0.4, 0.5) is 5.95 Å². The van der Waals surface area contributed by atoms with Crippen molar-refractivity contribution in [3.63, 3.8) is 0 Å². The van der Waals surface area contributed by atoms with E-state index in [9.17, 15) is 5.26 Å². The molecule has 0 atom stereocenters. The minimum Gasteiger partial charge on any atom is -0.436 e. The molecule has 2 N–H and O–H groups in total. The Balaban J connectivity index is 1.37. The van der Waals surface area contributed by atoms with Crippen LogP contribution in [0.15, 0.2) is 18.2 Å². The molecule has 33 heavy (non-hydrogen) atoms. The van der Waals surface area contributed by atoms with Gasteiger partial charge in [-0.05, 0) is 80.9 Å². The molecule has 4 saturated carbocycles. The van der Waals surface area contributed by atoms with Gasteiger partial charge in [-0.3, -0.25) is 0 Å². The molecule has 4 aliphatic rings. The van der Waals surface area contributed by atoms with Crippen molar-refractivity contribution in [1.82, 2.24) is 19.9 Å². The molecule has 8 heteroatoms. The lowest BCUT2D eigenvalue weighted by Crippen LogP contribution is -2.70. The molecule has 0 saturated heterocycles. The van der Waals surface area contributed by atoms with Gasteiger partial charge in [-0.2, -0.15) is 20.5 Å². The van der Waals surface area contributed by atoms with Crippen LogP contribution in [0.3, 0.4) is 0 Å². The Morgan fingerprint density at radius 3 is 2.48 bits per heavy atom. The van der Waals surface area contributed by atoms with Crippen LogP contribution >= 0.6 is 0 Å². The van der Waals surface area contributed by atoms with E-state index >= 15 is 0 Å². The lowest BCUT2D eigenvalue weighted by molar-refractivity contribution is -0.0665. The number of aromatic amines is 1. The number of fused-ring (bicyclic) bond motifs is 1. The van der Waals surface area contributed by atoms with E-state index in [1.54, 1.807) is 6.08 Å². The molecule has 164 valence electrons. The molecule has 0 unspecified atom stereocenters. The maximum absolute atomic E-state index is 9.33. The third-order valence-electron chi connectivity index (χ3n) is 6.98. The topological polar surface area (TPSA) is 123 Å². The van der Waals surface area contributed by atoms with E-state index in [-0.39, 0.29) is 11.0 Å². The lowest BCUT2D eigenvalue weighted by Gasteiger charge is -2.66. The molecule has 0 spiro atoms. The second-order valence-corrected chi connectivity index (χ2v) is 9.82. The smallest absolute Gasteiger partial charge is 0.250 e. The fourth-order valence-corrected chi connectivity index (χ4v) is 5.32. The van der Waals surface area contributed by atoms with Crippen LogP contribution in [0.25, 0.3) is 17.2 Å². The quantitative estimate of drug-likeness (QED) is 0.518. The number of H-pyrrole nitrogens is 1. The summed E-state index contributed by atoms with van der Waals surface area (Å²) in [6.07, 6.45) is 8.00. The van der Waals surface area contributed by atoms with E-state index in [1.165, 1.54) is 6.08 Å². The molecule has 2 bridgehead atoms. The van der Waals surface area contributed by atoms with Crippen molar-refractivity contribution in [2.45, 2.75) is 57.4 Å². The first-order valence-electron chi connectivity index (χ1n) is 11.2. The van der Waals surface area contributed by atoms with Crippen LogP contribution in [-0.2, 0) is 0 Å². The van der Waals surface area contributed by atoms with Crippen molar-refractivity contribution in [1.29, 1.82) is 10.5 Å². The molecule has 4 aliphatic carbocycles. The van der Waals surface area contributed by atoms with Gasteiger partial charge in [0, 0.05) is 17.5 Å². The summed E-state index contributed by atoms with van der Waals surface area (Å²) in [4.78, 5) is 17.5. The number of ether oxygens (including phenoxy) is 1. The molecule has 1 aromatic carbocycles. The van der Waals surface area contributed by atoms with Gasteiger partial charge in [0.25, 0.3) is 5.88 Å². The summed E-state index contributed by atoms with van der Waals surface area (Å²) in [5, 5.41) is 21.6. The van der Waals surface area contributed by atoms with Crippen LogP contribution in [-0.4, -0.2) is 25.5 Å². The first-order valence-corrected chi connectivity index (χ1v) is 11.2. The van der Waals surface area contributed by atoms with Crippen LogP contribution in [0.1, 0.15) is 60.5 Å². The number of nitrogens with one attached hydrogen (secondary N) is 2. The second kappa shape index (κ2) is 6.79. The standard InChI is InChI=1S/C25H23N7O/c1-14-8-16(4-3-7-26)9-15(2)19(14)33-22-18-21(29-20(28-18)17-5-6-17)30-23(31-22)32-25-10-24(11-25,12-25)13-27/h3-4,8-9,17H,5-6,10-12H2,1-2H3,(H2,28,29,30,31,32)/b4-3+. The number of hydrogen-bond donors (Lipinski definition) is 2. The van der Waals surface area contributed by atoms with E-state index in [4.69, 9.17) is 20.0 Å². The Morgan fingerprint density at radius 2 is 1.85 bits per heavy atom. The van der Waals surface area contributed by atoms with Gasteiger partial charge in [0.05, 0.1) is 17.6 Å². The van der Waals surface area contributed by atoms with Gasteiger partial charge < -0.3 is 15.0 Å². The summed E-state index contributed by atoms with van der Waals surface area (Å²) < 4.78 is 6.38. The Kier molecular flexibility index (Phi) is 4.07. The highest BCUT2D eigenvalue weighted by Crippen LogP contribution is 2.67. The van der Waals surface area contributed by atoms with Crippen molar-refractivity contribution in [3.05, 3.63) is 40.7 Å². The van der Waals surface area contributed by atoms with Crippen molar-refractivity contribution < 1.29 is 4.74 Å². The zero-order valence-electron chi connectivity index (χ0n) is 18.6. The maximum atomic E-state index is 9.33. The molecule has 0 amide bonds. The number of rotatable bonds is 6. The zero-order chi connectivity index (χ0) is 22.8. The monoisotopic (exact) mass is 437 g/mol. The lowest BCUT2D eigenvalue weighted by atomic mass is 9.40. The predicted octanol–water partition coefficient (Wildman–Crippen LogP) is 5.03. The number of benzene rings is 1. The molecular weight excluding hydrogens is 414 g/mol. The summed E-state index contributed by atoms with van der Waals surface area (Å²) in [6.45, 7) is 3.96. The first-order chi connectivity index (χ1) is 15.9. The van der Waals surface area contributed by atoms with Crippen molar-refractivity contribution in [2.75, 3.05) is 5.32 Å². The van der Waals surface area contributed by atoms with Crippen molar-refractivity contribution in [3.8, 4) is 23.8 Å². The van der Waals surface area contributed by atoms with Gasteiger partial charge in [-0.25, -0.2) is 4.98 Å². The number of nitrogens with zero attached hydrogens (tertiary/aromatic N) is 5. The summed E-state index contributed by atoms with van der Waals surface area (Å²) in [5.74, 6) is 3.04. The number of imidazole rings is 1. The molecule has 3 aromatic rings. The highest BCUT2D eigenvalue weighted by molar-refractivity contribution is 5.78. The molecule has 8 nitrogen and oxygen atoms in total. The van der Waals surface area contributed by atoms with Gasteiger partial charge in [0.1, 0.15) is 17.1 Å². The summed E-state index contributed by atoms with van der Waals surface area (Å²) >= 11 is 0. The molecular formula is C25H23N7O. The number of nitriles is 2. The molecule has 0 radical (unpaired) electrons. The van der Waals surface area contributed by atoms with Gasteiger partial charge in [-0.15, -0.1) is 0 Å². The third-order valence-corrected chi connectivity index (χ3v) is 6.98. The summed E-state index contributed by atoms with van der Waals surface area (Å²) in [7, 11) is 0. The normalized spacial score (nSPS) is 25.2. The van der Waals surface area contributed by atoms with E-state index in [1.807, 2.05) is 32.0 Å². The predicted molar refractivity (Wildman–Crippen MR) is 123 cm³/mol. The van der Waals surface area contributed by atoms with Crippen LogP contribution in [0.5, 0.6) is 11.6 Å². The second-order valence-electron chi connectivity index (χ2n) is 9.82. The van der Waals surface area contributed by atoms with Gasteiger partial charge in [0.2, 0.25) is 5.95 Å². The van der Waals surface area contributed by atoms with Gasteiger partial charge in [0.15, 0.2) is 5.65 Å². The average Bonchev–Trinajstić information content (AvgIpc) is 3.49. The highest BCUT2D eigenvalue weighted by atomic mass is 16.5. The zero-order valence-corrected chi connectivity index (χ0v) is 18.6. The molecule has 7 rings (SSSR count). The number of aryl methyl sites for hydroxylation is 2. The fraction of sp³-hybridized carbons (Fsp3) is 0.400. The SMILES string of the molecule is Cc1cc(/C=C/C#N)cc(C)c1Oc1nc(NC23CC(C#N)(C2)C3)nc2nc(C3CC3)[nH]c12. The number of aromatic nitrogens is 4. The van der Waals surface area contributed by atoms with Crippen molar-refractivity contribution in [2.24, 2.45) is 5.41 Å². The minimum absolute atomic E-state index is 0.0864. The molecule has 2 heterocycles. The van der Waals surface area contributed by atoms with Gasteiger partial charge >= 0.3 is 0 Å². The largest absolute Gasteiger partial charge is 0.436 e. The minimum atomic E-state index is -0.155. The maximum Gasteiger partial charge on any atom is 0.250 e. The van der Waals surface area contributed by atoms with Crippen LogP contribution < -0.4 is 10.1 Å². The Hall–Kier alpha value is -3.91. The van der Waals surface area contributed by atoms with Crippen molar-refractivity contribution >= 4 is 23.2 Å². The number of anilines is 1. The Bertz CT molecular complexity index is 1370. The van der Waals surface area contributed by atoms with Crippen LogP contribution in [0.2, 0.25) is 0 Å². The molecule has 2 aromatic heterocycles. The fourth-order valence-electron chi connectivity index (χ4n) is 5.32. The van der Waals surface area contributed by atoms with E-state index in [0.717, 1.165) is 60.4 Å².